The van der Waals surface area contributed by atoms with Crippen LogP contribution in [-0.4, -0.2) is 33.3 Å². The lowest BCUT2D eigenvalue weighted by atomic mass is 9.98. The first-order valence-electron chi connectivity index (χ1n) is 11.6. The summed E-state index contributed by atoms with van der Waals surface area (Å²) < 4.78 is 22.2. The van der Waals surface area contributed by atoms with Crippen molar-refractivity contribution in [2.75, 3.05) is 27.4 Å². The Morgan fingerprint density at radius 1 is 0.794 bits per heavy atom. The Labute approximate surface area is 201 Å². The first-order valence-corrected chi connectivity index (χ1v) is 11.6. The largest absolute Gasteiger partial charge is 0.493 e. The van der Waals surface area contributed by atoms with Crippen molar-refractivity contribution in [1.82, 2.24) is 5.32 Å². The molecule has 6 nitrogen and oxygen atoms in total. The molecular formula is C28H33NO5. The lowest BCUT2D eigenvalue weighted by Crippen LogP contribution is -2.29. The van der Waals surface area contributed by atoms with Crippen LogP contribution in [0.1, 0.15) is 47.8 Å². The smallest absolute Gasteiger partial charge is 0.251 e. The summed E-state index contributed by atoms with van der Waals surface area (Å²) in [6, 6.07) is 21.0. The minimum atomic E-state index is -0.226. The third-order valence-corrected chi connectivity index (χ3v) is 5.49. The summed E-state index contributed by atoms with van der Waals surface area (Å²) in [6.07, 6.45) is 1.54. The minimum Gasteiger partial charge on any atom is -0.493 e. The van der Waals surface area contributed by atoms with Crippen molar-refractivity contribution in [3.8, 4) is 23.0 Å². The second-order valence-corrected chi connectivity index (χ2v) is 7.69. The predicted molar refractivity (Wildman–Crippen MR) is 133 cm³/mol. The number of methoxy groups -OCH3 is 2. The van der Waals surface area contributed by atoms with Crippen LogP contribution in [0.25, 0.3) is 0 Å². The zero-order valence-electron chi connectivity index (χ0n) is 20.3. The Kier molecular flexibility index (Phi) is 9.21. The number of hydrogen-bond acceptors (Lipinski definition) is 5. The maximum atomic E-state index is 13.2. The van der Waals surface area contributed by atoms with Gasteiger partial charge in [0.05, 0.1) is 33.5 Å². The summed E-state index contributed by atoms with van der Waals surface area (Å²) in [5.74, 6) is 2.27. The molecule has 3 aromatic rings. The zero-order chi connectivity index (χ0) is 24.3. The minimum absolute atomic E-state index is 0.189. The monoisotopic (exact) mass is 463 g/mol. The third kappa shape index (κ3) is 6.44. The SMILES string of the molecule is CCOc1ccc([C@@H](CCc2ccccc2)NC(=O)c2ccc(OC)c(OC)c2)cc1OCC. The van der Waals surface area contributed by atoms with E-state index in [1.165, 1.54) is 5.56 Å². The van der Waals surface area contributed by atoms with Crippen molar-refractivity contribution in [1.29, 1.82) is 0 Å². The van der Waals surface area contributed by atoms with Crippen LogP contribution >= 0.6 is 0 Å². The number of ether oxygens (including phenoxy) is 4. The molecule has 0 bridgehead atoms. The van der Waals surface area contributed by atoms with Gasteiger partial charge in [0, 0.05) is 5.56 Å². The summed E-state index contributed by atoms with van der Waals surface area (Å²) in [4.78, 5) is 13.2. The molecule has 1 atom stereocenters. The van der Waals surface area contributed by atoms with Crippen molar-refractivity contribution < 1.29 is 23.7 Å². The summed E-state index contributed by atoms with van der Waals surface area (Å²) >= 11 is 0. The van der Waals surface area contributed by atoms with E-state index in [2.05, 4.69) is 17.4 Å². The molecule has 3 aromatic carbocycles. The zero-order valence-corrected chi connectivity index (χ0v) is 20.3. The molecule has 34 heavy (non-hydrogen) atoms. The topological polar surface area (TPSA) is 66.0 Å². The molecule has 0 aliphatic carbocycles. The number of hydrogen-bond donors (Lipinski definition) is 1. The lowest BCUT2D eigenvalue weighted by Gasteiger charge is -2.22. The molecule has 1 amide bonds. The van der Waals surface area contributed by atoms with Gasteiger partial charge in [0.1, 0.15) is 0 Å². The summed E-state index contributed by atoms with van der Waals surface area (Å²) in [5, 5.41) is 3.20. The van der Waals surface area contributed by atoms with Gasteiger partial charge in [-0.1, -0.05) is 36.4 Å². The van der Waals surface area contributed by atoms with Gasteiger partial charge < -0.3 is 24.3 Å². The van der Waals surface area contributed by atoms with Gasteiger partial charge >= 0.3 is 0 Å². The number of carbonyl (C=O) groups is 1. The van der Waals surface area contributed by atoms with Crippen LogP contribution in [0.3, 0.4) is 0 Å². The highest BCUT2D eigenvalue weighted by Gasteiger charge is 2.19. The normalized spacial score (nSPS) is 11.4. The first-order chi connectivity index (χ1) is 16.6. The van der Waals surface area contributed by atoms with E-state index >= 15 is 0 Å². The molecular weight excluding hydrogens is 430 g/mol. The molecule has 0 aromatic heterocycles. The molecule has 0 fully saturated rings. The van der Waals surface area contributed by atoms with Gasteiger partial charge in [-0.3, -0.25) is 4.79 Å². The number of amides is 1. The number of aryl methyl sites for hydroxylation is 1. The summed E-state index contributed by atoms with van der Waals surface area (Å²) in [7, 11) is 3.12. The van der Waals surface area contributed by atoms with Crippen LogP contribution in [0.4, 0.5) is 0 Å². The van der Waals surface area contributed by atoms with E-state index in [-0.39, 0.29) is 11.9 Å². The number of nitrogens with one attached hydrogen (secondary N) is 1. The van der Waals surface area contributed by atoms with Gasteiger partial charge in [0.2, 0.25) is 0 Å². The first kappa shape index (κ1) is 25.0. The van der Waals surface area contributed by atoms with Crippen LogP contribution in [0.2, 0.25) is 0 Å². The molecule has 6 heteroatoms. The highest BCUT2D eigenvalue weighted by atomic mass is 16.5. The molecule has 0 aliphatic rings. The number of rotatable bonds is 12. The van der Waals surface area contributed by atoms with E-state index in [1.807, 2.05) is 50.2 Å². The molecule has 0 saturated carbocycles. The summed E-state index contributed by atoms with van der Waals surface area (Å²) in [6.45, 7) is 4.95. The predicted octanol–water partition coefficient (Wildman–Crippen LogP) is 5.61. The molecule has 180 valence electrons. The fraction of sp³-hybridized carbons (Fsp3) is 0.321. The Morgan fingerprint density at radius 2 is 1.47 bits per heavy atom. The highest BCUT2D eigenvalue weighted by Crippen LogP contribution is 2.33. The second-order valence-electron chi connectivity index (χ2n) is 7.69. The molecule has 0 spiro atoms. The van der Waals surface area contributed by atoms with Crippen molar-refractivity contribution in [3.05, 3.63) is 83.4 Å². The Morgan fingerprint density at radius 3 is 2.15 bits per heavy atom. The standard InChI is InChI=1S/C28H33NO5/c1-5-33-25-17-13-21(18-27(25)34-6-2)23(15-12-20-10-8-7-9-11-20)29-28(30)22-14-16-24(31-3)26(19-22)32-4/h7-11,13-14,16-19,23H,5-6,12,15H2,1-4H3,(H,29,30)/t23-/m1/s1. The van der Waals surface area contributed by atoms with E-state index < -0.39 is 0 Å². The van der Waals surface area contributed by atoms with Crippen LogP contribution in [0.5, 0.6) is 23.0 Å². The Bertz CT molecular complexity index is 1070. The van der Waals surface area contributed by atoms with E-state index in [9.17, 15) is 4.79 Å². The van der Waals surface area contributed by atoms with Gasteiger partial charge in [-0.2, -0.15) is 0 Å². The van der Waals surface area contributed by atoms with E-state index in [0.717, 1.165) is 18.4 Å². The molecule has 0 radical (unpaired) electrons. The van der Waals surface area contributed by atoms with E-state index in [1.54, 1.807) is 32.4 Å². The van der Waals surface area contributed by atoms with Gasteiger partial charge in [-0.25, -0.2) is 0 Å². The van der Waals surface area contributed by atoms with Gasteiger partial charge in [-0.05, 0) is 68.1 Å². The van der Waals surface area contributed by atoms with Crippen molar-refractivity contribution in [3.63, 3.8) is 0 Å². The quantitative estimate of drug-likeness (QED) is 0.378. The van der Waals surface area contributed by atoms with Gasteiger partial charge in [0.15, 0.2) is 23.0 Å². The number of benzene rings is 3. The number of carbonyl (C=O) groups excluding carboxylic acids is 1. The van der Waals surface area contributed by atoms with Crippen molar-refractivity contribution in [2.24, 2.45) is 0 Å². The molecule has 0 heterocycles. The lowest BCUT2D eigenvalue weighted by molar-refractivity contribution is 0.0934. The van der Waals surface area contributed by atoms with Crippen molar-refractivity contribution in [2.45, 2.75) is 32.7 Å². The highest BCUT2D eigenvalue weighted by molar-refractivity contribution is 5.95. The Balaban J connectivity index is 1.89. The van der Waals surface area contributed by atoms with E-state index in [4.69, 9.17) is 18.9 Å². The molecule has 0 aliphatic heterocycles. The third-order valence-electron chi connectivity index (χ3n) is 5.49. The summed E-state index contributed by atoms with van der Waals surface area (Å²) in [5.41, 5.74) is 2.67. The maximum Gasteiger partial charge on any atom is 0.251 e. The van der Waals surface area contributed by atoms with Crippen LogP contribution in [-0.2, 0) is 6.42 Å². The fourth-order valence-electron chi connectivity index (χ4n) is 3.78. The molecule has 0 unspecified atom stereocenters. The maximum absolute atomic E-state index is 13.2. The molecule has 1 N–H and O–H groups in total. The molecule has 3 rings (SSSR count). The van der Waals surface area contributed by atoms with E-state index in [0.29, 0.717) is 41.8 Å². The van der Waals surface area contributed by atoms with Gasteiger partial charge in [-0.15, -0.1) is 0 Å². The van der Waals surface area contributed by atoms with Gasteiger partial charge in [0.25, 0.3) is 5.91 Å². The molecule has 0 saturated heterocycles. The average Bonchev–Trinajstić information content (AvgIpc) is 2.87. The van der Waals surface area contributed by atoms with Crippen LogP contribution in [0.15, 0.2) is 66.7 Å². The average molecular weight is 464 g/mol. The van der Waals surface area contributed by atoms with Crippen LogP contribution in [0, 0.1) is 0 Å². The second kappa shape index (κ2) is 12.5. The van der Waals surface area contributed by atoms with Crippen LogP contribution < -0.4 is 24.3 Å². The Hall–Kier alpha value is -3.67. The van der Waals surface area contributed by atoms with Crippen molar-refractivity contribution >= 4 is 5.91 Å². The fourth-order valence-corrected chi connectivity index (χ4v) is 3.78.